The number of aromatic carboxylic acids is 1. The molecule has 0 aliphatic rings. The van der Waals surface area contributed by atoms with Crippen LogP contribution >= 0.6 is 12.4 Å². The van der Waals surface area contributed by atoms with Crippen LogP contribution in [0.4, 0.5) is 5.69 Å². The Balaban J connectivity index is 0.00000243. The number of carboxylic acids is 1. The summed E-state index contributed by atoms with van der Waals surface area (Å²) in [7, 11) is 1.61. The number of furan rings is 1. The maximum atomic E-state index is 10.9. The van der Waals surface area contributed by atoms with Gasteiger partial charge in [-0.3, -0.25) is 4.98 Å². The fourth-order valence-corrected chi connectivity index (χ4v) is 2.43. The number of aromatic nitrogens is 1. The summed E-state index contributed by atoms with van der Waals surface area (Å²) in [5.74, 6) is 0.211. The summed E-state index contributed by atoms with van der Waals surface area (Å²) in [5, 5.41) is 12.2. The number of methoxy groups -OCH3 is 1. The number of aryl methyl sites for hydroxylation is 1. The summed E-state index contributed by atoms with van der Waals surface area (Å²) in [6.07, 6.45) is 1.68. The van der Waals surface area contributed by atoms with Crippen LogP contribution in [0, 0.1) is 6.92 Å². The molecule has 0 atom stereocenters. The molecule has 6 nitrogen and oxygen atoms in total. The molecule has 2 N–H and O–H groups in total. The van der Waals surface area contributed by atoms with Gasteiger partial charge >= 0.3 is 5.97 Å². The number of anilines is 1. The Hall–Kier alpha value is -2.99. The average Bonchev–Trinajstić information content (AvgIpc) is 3.02. The van der Waals surface area contributed by atoms with Crippen molar-refractivity contribution < 1.29 is 19.1 Å². The fraction of sp³-hybridized carbons (Fsp3) is 0.158. The lowest BCUT2D eigenvalue weighted by atomic mass is 10.1. The maximum Gasteiger partial charge on any atom is 0.371 e. The normalized spacial score (nSPS) is 10.1. The molecule has 0 aliphatic carbocycles. The van der Waals surface area contributed by atoms with Crippen LogP contribution in [0.3, 0.4) is 0 Å². The third kappa shape index (κ3) is 4.34. The monoisotopic (exact) mass is 374 g/mol. The average molecular weight is 375 g/mol. The van der Waals surface area contributed by atoms with E-state index in [-0.39, 0.29) is 18.2 Å². The Morgan fingerprint density at radius 3 is 2.50 bits per heavy atom. The van der Waals surface area contributed by atoms with Crippen molar-refractivity contribution in [1.29, 1.82) is 0 Å². The standard InChI is InChI=1S/C19H18N2O4.ClH/c1-12-14(9-18(25-12)19(22)23)10-20-15-5-3-13(4-6-15)17-8-7-16(24-2)11-21-17;/h3-9,11,20H,10H2,1-2H3,(H,22,23);1H. The maximum absolute atomic E-state index is 10.9. The molecule has 26 heavy (non-hydrogen) atoms. The molecule has 0 unspecified atom stereocenters. The number of halogens is 1. The Kier molecular flexibility index (Phi) is 6.25. The molecule has 0 saturated carbocycles. The van der Waals surface area contributed by atoms with E-state index in [2.05, 4.69) is 10.3 Å². The van der Waals surface area contributed by atoms with Crippen molar-refractivity contribution in [2.75, 3.05) is 12.4 Å². The summed E-state index contributed by atoms with van der Waals surface area (Å²) in [4.78, 5) is 15.3. The van der Waals surface area contributed by atoms with E-state index in [0.717, 1.165) is 28.3 Å². The highest BCUT2D eigenvalue weighted by Crippen LogP contribution is 2.22. The van der Waals surface area contributed by atoms with E-state index in [1.165, 1.54) is 0 Å². The van der Waals surface area contributed by atoms with E-state index >= 15 is 0 Å². The van der Waals surface area contributed by atoms with Gasteiger partial charge in [0.05, 0.1) is 19.0 Å². The molecular formula is C19H19ClN2O4. The van der Waals surface area contributed by atoms with E-state index in [1.807, 2.05) is 36.4 Å². The van der Waals surface area contributed by atoms with E-state index in [4.69, 9.17) is 14.3 Å². The van der Waals surface area contributed by atoms with Crippen LogP contribution in [0.5, 0.6) is 5.75 Å². The molecule has 0 radical (unpaired) electrons. The van der Waals surface area contributed by atoms with E-state index in [9.17, 15) is 4.79 Å². The van der Waals surface area contributed by atoms with Gasteiger partial charge in [0.25, 0.3) is 0 Å². The first kappa shape index (κ1) is 19.3. The number of hydrogen-bond donors (Lipinski definition) is 2. The number of rotatable bonds is 6. The lowest BCUT2D eigenvalue weighted by Gasteiger charge is -2.07. The van der Waals surface area contributed by atoms with Gasteiger partial charge in [-0.25, -0.2) is 4.79 Å². The van der Waals surface area contributed by atoms with Gasteiger partial charge in [-0.15, -0.1) is 12.4 Å². The van der Waals surface area contributed by atoms with Crippen molar-refractivity contribution in [3.63, 3.8) is 0 Å². The number of carboxylic acid groups (broad SMARTS) is 1. The zero-order chi connectivity index (χ0) is 17.8. The topological polar surface area (TPSA) is 84.6 Å². The number of carbonyl (C=O) groups is 1. The highest BCUT2D eigenvalue weighted by molar-refractivity contribution is 5.85. The number of pyridine rings is 1. The summed E-state index contributed by atoms with van der Waals surface area (Å²) in [6.45, 7) is 2.24. The number of ether oxygens (including phenoxy) is 1. The molecule has 2 aromatic heterocycles. The fourth-order valence-electron chi connectivity index (χ4n) is 2.43. The second kappa shape index (κ2) is 8.40. The van der Waals surface area contributed by atoms with Gasteiger partial charge in [0.2, 0.25) is 5.76 Å². The quantitative estimate of drug-likeness (QED) is 0.665. The zero-order valence-corrected chi connectivity index (χ0v) is 15.2. The largest absolute Gasteiger partial charge is 0.495 e. The highest BCUT2D eigenvalue weighted by atomic mass is 35.5. The van der Waals surface area contributed by atoms with Crippen LogP contribution in [-0.4, -0.2) is 23.2 Å². The molecule has 0 spiro atoms. The van der Waals surface area contributed by atoms with Crippen LogP contribution in [0.1, 0.15) is 21.9 Å². The van der Waals surface area contributed by atoms with Gasteiger partial charge in [-0.2, -0.15) is 0 Å². The number of hydrogen-bond acceptors (Lipinski definition) is 5. The summed E-state index contributed by atoms with van der Waals surface area (Å²) in [5.41, 5.74) is 3.61. The second-order valence-corrected chi connectivity index (χ2v) is 5.51. The first-order valence-corrected chi connectivity index (χ1v) is 7.74. The summed E-state index contributed by atoms with van der Waals surface area (Å²) < 4.78 is 10.3. The van der Waals surface area contributed by atoms with Gasteiger partial charge in [0.15, 0.2) is 0 Å². The van der Waals surface area contributed by atoms with Crippen molar-refractivity contribution in [3.05, 3.63) is 65.7 Å². The molecule has 3 rings (SSSR count). The van der Waals surface area contributed by atoms with Crippen LogP contribution in [0.25, 0.3) is 11.3 Å². The minimum atomic E-state index is -1.06. The molecule has 136 valence electrons. The molecule has 7 heteroatoms. The third-order valence-corrected chi connectivity index (χ3v) is 3.87. The smallest absolute Gasteiger partial charge is 0.371 e. The lowest BCUT2D eigenvalue weighted by Crippen LogP contribution is -1.99. The highest BCUT2D eigenvalue weighted by Gasteiger charge is 2.12. The predicted octanol–water partition coefficient (Wildman–Crippen LogP) is 4.39. The molecule has 0 bridgehead atoms. The predicted molar refractivity (Wildman–Crippen MR) is 101 cm³/mol. The van der Waals surface area contributed by atoms with Gasteiger partial charge in [-0.05, 0) is 37.3 Å². The van der Waals surface area contributed by atoms with Gasteiger partial charge in [0.1, 0.15) is 11.5 Å². The first-order chi connectivity index (χ1) is 12.1. The lowest BCUT2D eigenvalue weighted by molar-refractivity contribution is 0.0661. The summed E-state index contributed by atoms with van der Waals surface area (Å²) in [6, 6.07) is 13.2. The Labute approximate surface area is 157 Å². The Morgan fingerprint density at radius 1 is 1.23 bits per heavy atom. The first-order valence-electron chi connectivity index (χ1n) is 7.74. The molecule has 0 aliphatic heterocycles. The van der Waals surface area contributed by atoms with Crippen molar-refractivity contribution >= 4 is 24.1 Å². The Bertz CT molecular complexity index is 874. The molecule has 1 aromatic carbocycles. The molecule has 3 aromatic rings. The second-order valence-electron chi connectivity index (χ2n) is 5.51. The van der Waals surface area contributed by atoms with E-state index < -0.39 is 5.97 Å². The van der Waals surface area contributed by atoms with E-state index in [0.29, 0.717) is 12.3 Å². The van der Waals surface area contributed by atoms with Crippen molar-refractivity contribution in [2.45, 2.75) is 13.5 Å². The number of nitrogens with one attached hydrogen (secondary N) is 1. The van der Waals surface area contributed by atoms with Gasteiger partial charge in [-0.1, -0.05) is 12.1 Å². The van der Waals surface area contributed by atoms with Crippen LogP contribution < -0.4 is 10.1 Å². The van der Waals surface area contributed by atoms with Gasteiger partial charge in [0, 0.05) is 23.4 Å². The third-order valence-electron chi connectivity index (χ3n) is 3.87. The molecule has 0 fully saturated rings. The zero-order valence-electron chi connectivity index (χ0n) is 14.4. The molecular weight excluding hydrogens is 356 g/mol. The SMILES string of the molecule is COc1ccc(-c2ccc(NCc3cc(C(=O)O)oc3C)cc2)nc1.Cl. The Morgan fingerprint density at radius 2 is 1.96 bits per heavy atom. The van der Waals surface area contributed by atoms with Crippen LogP contribution in [0.2, 0.25) is 0 Å². The van der Waals surface area contributed by atoms with Crippen molar-refractivity contribution in [2.24, 2.45) is 0 Å². The molecule has 0 amide bonds. The van der Waals surface area contributed by atoms with Crippen molar-refractivity contribution in [1.82, 2.24) is 4.98 Å². The minimum absolute atomic E-state index is 0. The van der Waals surface area contributed by atoms with Crippen LogP contribution in [-0.2, 0) is 6.54 Å². The van der Waals surface area contributed by atoms with Crippen LogP contribution in [0.15, 0.2) is 53.1 Å². The van der Waals surface area contributed by atoms with Gasteiger partial charge < -0.3 is 19.6 Å². The minimum Gasteiger partial charge on any atom is -0.495 e. The molecule has 0 saturated heterocycles. The number of benzene rings is 1. The van der Waals surface area contributed by atoms with Crippen molar-refractivity contribution in [3.8, 4) is 17.0 Å². The molecule has 2 heterocycles. The number of nitrogens with zero attached hydrogens (tertiary/aromatic N) is 1. The summed E-state index contributed by atoms with van der Waals surface area (Å²) >= 11 is 0. The van der Waals surface area contributed by atoms with E-state index in [1.54, 1.807) is 26.3 Å².